The van der Waals surface area contributed by atoms with Gasteiger partial charge in [-0.05, 0) is 32.1 Å². The molecule has 116 valence electrons. The number of hydrogen-bond acceptors (Lipinski definition) is 3. The van der Waals surface area contributed by atoms with Gasteiger partial charge in [0, 0.05) is 27.7 Å². The average molecular weight is 303 g/mol. The zero-order chi connectivity index (χ0) is 15.2. The summed E-state index contributed by atoms with van der Waals surface area (Å²) in [6.07, 6.45) is 7.83. The van der Waals surface area contributed by atoms with Crippen LogP contribution in [-0.2, 0) is 15.0 Å². The van der Waals surface area contributed by atoms with Crippen molar-refractivity contribution in [2.45, 2.75) is 32.1 Å². The van der Waals surface area contributed by atoms with E-state index < -0.39 is 10.2 Å². The number of nitrogens with zero attached hydrogens (tertiary/aromatic N) is 2. The van der Waals surface area contributed by atoms with E-state index in [1.54, 1.807) is 0 Å². The number of nitrogens with one attached hydrogen (secondary N) is 1. The van der Waals surface area contributed by atoms with Crippen molar-refractivity contribution in [3.63, 3.8) is 0 Å². The zero-order valence-corrected chi connectivity index (χ0v) is 13.4. The Morgan fingerprint density at radius 2 is 2.00 bits per heavy atom. The number of rotatable bonds is 7. The van der Waals surface area contributed by atoms with E-state index >= 15 is 0 Å². The summed E-state index contributed by atoms with van der Waals surface area (Å²) in [5, 5.41) is 2.77. The summed E-state index contributed by atoms with van der Waals surface area (Å²) in [7, 11) is 0.766. The second-order valence-corrected chi connectivity index (χ2v) is 7.50. The molecule has 0 saturated heterocycles. The number of amides is 1. The molecule has 0 saturated carbocycles. The summed E-state index contributed by atoms with van der Waals surface area (Å²) in [5.41, 5.74) is 1.39. The van der Waals surface area contributed by atoms with Gasteiger partial charge in [0.1, 0.15) is 0 Å². The second kappa shape index (κ2) is 7.75. The largest absolute Gasteiger partial charge is 0.355 e. The van der Waals surface area contributed by atoms with Crippen molar-refractivity contribution < 1.29 is 13.2 Å². The molecule has 0 atom stereocenters. The molecular weight excluding hydrogens is 278 g/mol. The van der Waals surface area contributed by atoms with Gasteiger partial charge in [-0.1, -0.05) is 11.6 Å². The van der Waals surface area contributed by atoms with Crippen molar-refractivity contribution >= 4 is 16.1 Å². The van der Waals surface area contributed by atoms with Gasteiger partial charge in [0.05, 0.1) is 6.54 Å². The summed E-state index contributed by atoms with van der Waals surface area (Å²) in [6, 6.07) is 0. The van der Waals surface area contributed by atoms with Gasteiger partial charge in [-0.2, -0.15) is 17.0 Å². The van der Waals surface area contributed by atoms with Gasteiger partial charge in [-0.25, -0.2) is 0 Å². The quantitative estimate of drug-likeness (QED) is 0.705. The van der Waals surface area contributed by atoms with Crippen LogP contribution in [0.5, 0.6) is 0 Å². The van der Waals surface area contributed by atoms with Gasteiger partial charge in [0.15, 0.2) is 0 Å². The van der Waals surface area contributed by atoms with Gasteiger partial charge in [-0.15, -0.1) is 0 Å². The Balaban J connectivity index is 2.31. The van der Waals surface area contributed by atoms with Crippen LogP contribution in [0, 0.1) is 0 Å². The highest BCUT2D eigenvalue weighted by molar-refractivity contribution is 7.86. The van der Waals surface area contributed by atoms with Crippen LogP contribution in [0.2, 0.25) is 0 Å². The molecule has 0 fully saturated rings. The molecule has 0 heterocycles. The molecule has 20 heavy (non-hydrogen) atoms. The predicted octanol–water partition coefficient (Wildman–Crippen LogP) is 0.731. The molecule has 1 aliphatic rings. The Morgan fingerprint density at radius 1 is 1.30 bits per heavy atom. The van der Waals surface area contributed by atoms with Crippen molar-refractivity contribution in [3.05, 3.63) is 11.6 Å². The Bertz CT molecular complexity index is 457. The van der Waals surface area contributed by atoms with Crippen LogP contribution >= 0.6 is 0 Å². The highest BCUT2D eigenvalue weighted by Crippen LogP contribution is 2.19. The maximum absolute atomic E-state index is 11.7. The van der Waals surface area contributed by atoms with Crippen LogP contribution in [-0.4, -0.2) is 57.2 Å². The van der Waals surface area contributed by atoms with E-state index in [4.69, 9.17) is 0 Å². The highest BCUT2D eigenvalue weighted by atomic mass is 32.2. The number of likely N-dealkylation sites (N-methyl/N-ethyl adjacent to an activating group) is 1. The van der Waals surface area contributed by atoms with Gasteiger partial charge in [-0.3, -0.25) is 4.79 Å². The maximum atomic E-state index is 11.7. The SMILES string of the molecule is CN(C)S(=O)(=O)N(C)CC(=O)NCCC1=CCCCC1. The Labute approximate surface area is 122 Å². The van der Waals surface area contributed by atoms with Crippen LogP contribution in [0.3, 0.4) is 0 Å². The van der Waals surface area contributed by atoms with Crippen LogP contribution in [0.1, 0.15) is 32.1 Å². The molecule has 1 aliphatic carbocycles. The van der Waals surface area contributed by atoms with E-state index in [1.165, 1.54) is 39.6 Å². The number of carbonyl (C=O) groups is 1. The molecule has 0 aromatic rings. The predicted molar refractivity (Wildman–Crippen MR) is 79.4 cm³/mol. The molecule has 7 heteroatoms. The third kappa shape index (κ3) is 5.22. The topological polar surface area (TPSA) is 69.7 Å². The number of allylic oxidation sites excluding steroid dienone is 1. The normalized spacial score (nSPS) is 16.4. The Hall–Kier alpha value is -0.920. The van der Waals surface area contributed by atoms with Crippen LogP contribution < -0.4 is 5.32 Å². The maximum Gasteiger partial charge on any atom is 0.281 e. The summed E-state index contributed by atoms with van der Waals surface area (Å²) in [6.45, 7) is 0.417. The van der Waals surface area contributed by atoms with Crippen molar-refractivity contribution in [2.75, 3.05) is 34.2 Å². The average Bonchev–Trinajstić information content (AvgIpc) is 2.39. The molecule has 0 unspecified atom stereocenters. The monoisotopic (exact) mass is 303 g/mol. The molecule has 0 bridgehead atoms. The lowest BCUT2D eigenvalue weighted by molar-refractivity contribution is -0.121. The van der Waals surface area contributed by atoms with Gasteiger partial charge >= 0.3 is 0 Å². The molecule has 0 aliphatic heterocycles. The minimum absolute atomic E-state index is 0.153. The first kappa shape index (κ1) is 17.1. The van der Waals surface area contributed by atoms with Crippen LogP contribution in [0.25, 0.3) is 0 Å². The van der Waals surface area contributed by atoms with Crippen LogP contribution in [0.15, 0.2) is 11.6 Å². The van der Waals surface area contributed by atoms with E-state index in [-0.39, 0.29) is 12.5 Å². The van der Waals surface area contributed by atoms with Crippen molar-refractivity contribution in [1.29, 1.82) is 0 Å². The fourth-order valence-corrected chi connectivity index (χ4v) is 2.95. The number of carbonyl (C=O) groups excluding carboxylic acids is 1. The molecular formula is C13H25N3O3S. The first-order chi connectivity index (χ1) is 9.34. The molecule has 1 amide bonds. The van der Waals surface area contributed by atoms with E-state index in [9.17, 15) is 13.2 Å². The Morgan fingerprint density at radius 3 is 2.55 bits per heavy atom. The minimum atomic E-state index is -3.52. The van der Waals surface area contributed by atoms with Gasteiger partial charge in [0.2, 0.25) is 5.91 Å². The molecule has 0 aromatic carbocycles. The molecule has 0 radical (unpaired) electrons. The van der Waals surface area contributed by atoms with Crippen molar-refractivity contribution in [2.24, 2.45) is 0 Å². The number of hydrogen-bond donors (Lipinski definition) is 1. The third-order valence-corrected chi connectivity index (χ3v) is 5.21. The molecule has 0 spiro atoms. The van der Waals surface area contributed by atoms with E-state index in [0.717, 1.165) is 27.9 Å². The first-order valence-corrected chi connectivity index (χ1v) is 8.32. The smallest absolute Gasteiger partial charge is 0.281 e. The summed E-state index contributed by atoms with van der Waals surface area (Å²) in [4.78, 5) is 11.7. The molecule has 0 aromatic heterocycles. The summed E-state index contributed by atoms with van der Waals surface area (Å²) in [5.74, 6) is -0.269. The molecule has 6 nitrogen and oxygen atoms in total. The lowest BCUT2D eigenvalue weighted by atomic mass is 9.97. The van der Waals surface area contributed by atoms with Crippen LogP contribution in [0.4, 0.5) is 0 Å². The first-order valence-electron chi connectivity index (χ1n) is 6.92. The van der Waals surface area contributed by atoms with E-state index in [1.807, 2.05) is 0 Å². The van der Waals surface area contributed by atoms with Gasteiger partial charge < -0.3 is 5.32 Å². The van der Waals surface area contributed by atoms with E-state index in [2.05, 4.69) is 11.4 Å². The lowest BCUT2D eigenvalue weighted by Crippen LogP contribution is -2.43. The lowest BCUT2D eigenvalue weighted by Gasteiger charge is -2.21. The van der Waals surface area contributed by atoms with Crippen molar-refractivity contribution in [1.82, 2.24) is 13.9 Å². The summed E-state index contributed by atoms with van der Waals surface area (Å²) < 4.78 is 25.6. The van der Waals surface area contributed by atoms with E-state index in [0.29, 0.717) is 6.54 Å². The van der Waals surface area contributed by atoms with Crippen molar-refractivity contribution in [3.8, 4) is 0 Å². The standard InChI is InChI=1S/C13H25N3O3S/c1-15(2)20(18,19)16(3)11-13(17)14-10-9-12-7-5-4-6-8-12/h7H,4-6,8-11H2,1-3H3,(H,14,17). The Kier molecular flexibility index (Phi) is 6.64. The zero-order valence-electron chi connectivity index (χ0n) is 12.6. The highest BCUT2D eigenvalue weighted by Gasteiger charge is 2.22. The summed E-state index contributed by atoms with van der Waals surface area (Å²) >= 11 is 0. The fourth-order valence-electron chi connectivity index (χ4n) is 2.11. The fraction of sp³-hybridized carbons (Fsp3) is 0.769. The second-order valence-electron chi connectivity index (χ2n) is 5.25. The molecule has 1 rings (SSSR count). The minimum Gasteiger partial charge on any atom is -0.355 e. The molecule has 1 N–H and O–H groups in total. The van der Waals surface area contributed by atoms with Gasteiger partial charge in [0.25, 0.3) is 10.2 Å². The third-order valence-electron chi connectivity index (χ3n) is 3.37.